The second-order valence-corrected chi connectivity index (χ2v) is 6.96. The summed E-state index contributed by atoms with van der Waals surface area (Å²) in [6.07, 6.45) is -0.749. The van der Waals surface area contributed by atoms with Gasteiger partial charge in [0.2, 0.25) is 11.8 Å². The van der Waals surface area contributed by atoms with Crippen LogP contribution in [-0.2, 0) is 25.5 Å². The fraction of sp³-hybridized carbons (Fsp3) is 0.545. The first-order valence-electron chi connectivity index (χ1n) is 10.6. The molecule has 2 atom stereocenters. The molecule has 0 heterocycles. The van der Waals surface area contributed by atoms with Crippen LogP contribution in [0.3, 0.4) is 0 Å². The van der Waals surface area contributed by atoms with Crippen molar-refractivity contribution in [2.75, 3.05) is 19.8 Å². The molecule has 0 fully saturated rings. The Balaban J connectivity index is 2.86. The first-order valence-corrected chi connectivity index (χ1v) is 10.6. The molecule has 178 valence electrons. The van der Waals surface area contributed by atoms with E-state index >= 15 is 0 Å². The molecule has 2 amide bonds. The van der Waals surface area contributed by atoms with Crippen molar-refractivity contribution in [1.82, 2.24) is 10.6 Å². The third-order valence-electron chi connectivity index (χ3n) is 4.49. The van der Waals surface area contributed by atoms with Crippen LogP contribution < -0.4 is 20.1 Å². The summed E-state index contributed by atoms with van der Waals surface area (Å²) in [6.45, 7) is 8.98. The highest BCUT2D eigenvalue weighted by Crippen LogP contribution is 2.29. The van der Waals surface area contributed by atoms with Gasteiger partial charge in [0.25, 0.3) is 0 Å². The largest absolute Gasteiger partial charge is 0.513 e. The molecule has 32 heavy (non-hydrogen) atoms. The number of amides is 2. The van der Waals surface area contributed by atoms with E-state index in [0.717, 1.165) is 6.42 Å². The number of benzene rings is 1. The van der Waals surface area contributed by atoms with Gasteiger partial charge in [-0.2, -0.15) is 0 Å². The molecule has 10 nitrogen and oxygen atoms in total. The van der Waals surface area contributed by atoms with Crippen LogP contribution >= 0.6 is 0 Å². The van der Waals surface area contributed by atoms with Gasteiger partial charge >= 0.3 is 12.3 Å². The van der Waals surface area contributed by atoms with E-state index in [9.17, 15) is 19.2 Å². The summed E-state index contributed by atoms with van der Waals surface area (Å²) in [5.41, 5.74) is 0.709. The van der Waals surface area contributed by atoms with Gasteiger partial charge in [-0.15, -0.1) is 0 Å². The van der Waals surface area contributed by atoms with Crippen molar-refractivity contribution in [2.45, 2.75) is 53.5 Å². The average Bonchev–Trinajstić information content (AvgIpc) is 2.73. The molecule has 0 bridgehead atoms. The monoisotopic (exact) mass is 452 g/mol. The van der Waals surface area contributed by atoms with Crippen LogP contribution in [-0.4, -0.2) is 49.9 Å². The van der Waals surface area contributed by atoms with Crippen LogP contribution in [0, 0.1) is 5.92 Å². The van der Waals surface area contributed by atoms with E-state index in [2.05, 4.69) is 10.6 Å². The summed E-state index contributed by atoms with van der Waals surface area (Å²) in [5, 5.41) is 5.48. The van der Waals surface area contributed by atoms with Gasteiger partial charge in [-0.05, 0) is 43.9 Å². The van der Waals surface area contributed by atoms with E-state index in [1.807, 2.05) is 13.8 Å². The molecule has 0 aliphatic heterocycles. The minimum atomic E-state index is -0.946. The molecular weight excluding hydrogens is 420 g/mol. The first-order chi connectivity index (χ1) is 15.2. The van der Waals surface area contributed by atoms with E-state index in [1.54, 1.807) is 19.9 Å². The van der Waals surface area contributed by atoms with Gasteiger partial charge in [-0.3, -0.25) is 9.59 Å². The Morgan fingerprint density at radius 2 is 1.53 bits per heavy atom. The van der Waals surface area contributed by atoms with E-state index in [-0.39, 0.29) is 49.0 Å². The summed E-state index contributed by atoms with van der Waals surface area (Å²) in [4.78, 5) is 47.3. The lowest BCUT2D eigenvalue weighted by Crippen LogP contribution is -2.50. The summed E-state index contributed by atoms with van der Waals surface area (Å²) in [5.74, 6) is -0.603. The Hall–Kier alpha value is -3.30. The summed E-state index contributed by atoms with van der Waals surface area (Å²) in [6, 6.07) is 4.01. The lowest BCUT2D eigenvalue weighted by Gasteiger charge is -2.23. The Bertz CT molecular complexity index is 796. The molecule has 1 unspecified atom stereocenters. The minimum absolute atomic E-state index is 0.00761. The van der Waals surface area contributed by atoms with Crippen molar-refractivity contribution < 1.29 is 38.1 Å². The van der Waals surface area contributed by atoms with Gasteiger partial charge in [0.05, 0.1) is 13.2 Å². The molecule has 0 aliphatic rings. The van der Waals surface area contributed by atoms with E-state index in [1.165, 1.54) is 19.1 Å². The maximum absolute atomic E-state index is 12.5. The SMILES string of the molecule is CCOC(=O)Oc1ccc(CCNC(=O)[C@@H](NC(C)=O)C(C)CC)cc1OC(=O)OCC. The molecule has 0 saturated heterocycles. The highest BCUT2D eigenvalue weighted by Gasteiger charge is 2.24. The van der Waals surface area contributed by atoms with Gasteiger partial charge in [-0.1, -0.05) is 26.3 Å². The molecule has 0 saturated carbocycles. The van der Waals surface area contributed by atoms with Crippen LogP contribution in [0.2, 0.25) is 0 Å². The van der Waals surface area contributed by atoms with Gasteiger partial charge < -0.3 is 29.6 Å². The van der Waals surface area contributed by atoms with Crippen molar-refractivity contribution >= 4 is 24.1 Å². The molecule has 1 aromatic rings. The number of rotatable bonds is 11. The minimum Gasteiger partial charge on any atom is -0.434 e. The highest BCUT2D eigenvalue weighted by molar-refractivity contribution is 5.87. The molecule has 0 aliphatic carbocycles. The Labute approximate surface area is 187 Å². The molecule has 10 heteroatoms. The van der Waals surface area contributed by atoms with Crippen molar-refractivity contribution in [3.8, 4) is 11.5 Å². The zero-order valence-electron chi connectivity index (χ0n) is 19.2. The van der Waals surface area contributed by atoms with Crippen LogP contribution in [0.15, 0.2) is 18.2 Å². The fourth-order valence-corrected chi connectivity index (χ4v) is 2.71. The lowest BCUT2D eigenvalue weighted by atomic mass is 9.98. The number of hydrogen-bond donors (Lipinski definition) is 2. The van der Waals surface area contributed by atoms with Crippen LogP contribution in [0.4, 0.5) is 9.59 Å². The molecule has 1 rings (SSSR count). The Kier molecular flexibility index (Phi) is 11.6. The number of ether oxygens (including phenoxy) is 4. The van der Waals surface area contributed by atoms with Crippen molar-refractivity contribution in [2.24, 2.45) is 5.92 Å². The number of nitrogens with one attached hydrogen (secondary N) is 2. The quantitative estimate of drug-likeness (QED) is 0.387. The third kappa shape index (κ3) is 9.23. The zero-order chi connectivity index (χ0) is 24.1. The maximum Gasteiger partial charge on any atom is 0.513 e. The smallest absolute Gasteiger partial charge is 0.434 e. The highest BCUT2D eigenvalue weighted by atomic mass is 16.7. The summed E-state index contributed by atoms with van der Waals surface area (Å²) >= 11 is 0. The van der Waals surface area contributed by atoms with Crippen LogP contribution in [0.5, 0.6) is 11.5 Å². The van der Waals surface area contributed by atoms with E-state index in [0.29, 0.717) is 12.0 Å². The molecule has 0 aromatic heterocycles. The van der Waals surface area contributed by atoms with Crippen LogP contribution in [0.25, 0.3) is 0 Å². The molecule has 1 aromatic carbocycles. The van der Waals surface area contributed by atoms with Gasteiger partial charge in [0.1, 0.15) is 6.04 Å². The number of carbonyl (C=O) groups excluding carboxylic acids is 4. The predicted molar refractivity (Wildman–Crippen MR) is 116 cm³/mol. The summed E-state index contributed by atoms with van der Waals surface area (Å²) in [7, 11) is 0. The molecule has 2 N–H and O–H groups in total. The van der Waals surface area contributed by atoms with Gasteiger partial charge in [0.15, 0.2) is 11.5 Å². The number of carbonyl (C=O) groups is 4. The standard InChI is InChI=1S/C22H32N2O8/c1-6-14(4)19(24-15(5)25)20(26)23-12-11-16-9-10-17(31-21(27)29-7-2)18(13-16)32-22(28)30-8-3/h9-10,13-14,19H,6-8,11-12H2,1-5H3,(H,23,26)(H,24,25)/t14?,19-/m0/s1. The van der Waals surface area contributed by atoms with E-state index < -0.39 is 18.4 Å². The second-order valence-electron chi connectivity index (χ2n) is 6.96. The first kappa shape index (κ1) is 26.7. The molecule has 0 spiro atoms. The van der Waals surface area contributed by atoms with Crippen molar-refractivity contribution in [3.63, 3.8) is 0 Å². The molecule has 0 radical (unpaired) electrons. The third-order valence-corrected chi connectivity index (χ3v) is 4.49. The zero-order valence-corrected chi connectivity index (χ0v) is 19.2. The topological polar surface area (TPSA) is 129 Å². The van der Waals surface area contributed by atoms with Crippen molar-refractivity contribution in [1.29, 1.82) is 0 Å². The predicted octanol–water partition coefficient (Wildman–Crippen LogP) is 2.97. The summed E-state index contributed by atoms with van der Waals surface area (Å²) < 4.78 is 19.7. The molecular formula is C22H32N2O8. The lowest BCUT2D eigenvalue weighted by molar-refractivity contribution is -0.129. The van der Waals surface area contributed by atoms with E-state index in [4.69, 9.17) is 18.9 Å². The number of hydrogen-bond acceptors (Lipinski definition) is 8. The fourth-order valence-electron chi connectivity index (χ4n) is 2.71. The van der Waals surface area contributed by atoms with Gasteiger partial charge in [-0.25, -0.2) is 9.59 Å². The average molecular weight is 453 g/mol. The van der Waals surface area contributed by atoms with Gasteiger partial charge in [0, 0.05) is 13.5 Å². The normalized spacial score (nSPS) is 12.2. The van der Waals surface area contributed by atoms with Crippen LogP contribution in [0.1, 0.15) is 46.6 Å². The second kappa shape index (κ2) is 13.9. The maximum atomic E-state index is 12.5. The Morgan fingerprint density at radius 1 is 0.938 bits per heavy atom. The van der Waals surface area contributed by atoms with Crippen molar-refractivity contribution in [3.05, 3.63) is 23.8 Å². The Morgan fingerprint density at radius 3 is 2.06 bits per heavy atom.